The number of nitrogens with one attached hydrogen (secondary N) is 1. The summed E-state index contributed by atoms with van der Waals surface area (Å²) in [5, 5.41) is 13.3. The van der Waals surface area contributed by atoms with Crippen LogP contribution < -0.4 is 5.32 Å². The molecule has 0 aromatic heterocycles. The average molecular weight is 233 g/mol. The molecule has 90 valence electrons. The van der Waals surface area contributed by atoms with E-state index < -0.39 is 5.60 Å². The van der Waals surface area contributed by atoms with E-state index in [4.69, 9.17) is 4.74 Å². The summed E-state index contributed by atoms with van der Waals surface area (Å²) >= 11 is 1.68. The number of hydrogen-bond acceptors (Lipinski definition) is 4. The molecular formula is C11H23NO2S. The minimum Gasteiger partial charge on any atom is -0.388 e. The summed E-state index contributed by atoms with van der Waals surface area (Å²) in [4.78, 5) is 0. The molecule has 0 spiro atoms. The van der Waals surface area contributed by atoms with Gasteiger partial charge in [-0.15, -0.1) is 0 Å². The molecule has 1 rings (SSSR count). The Morgan fingerprint density at radius 2 is 2.13 bits per heavy atom. The fourth-order valence-electron chi connectivity index (χ4n) is 1.86. The Hall–Kier alpha value is 0.230. The molecule has 4 heteroatoms. The molecule has 0 radical (unpaired) electrons. The predicted octanol–water partition coefficient (Wildman–Crippen LogP) is 1.12. The van der Waals surface area contributed by atoms with Crippen LogP contribution in [0.4, 0.5) is 0 Å². The zero-order valence-electron chi connectivity index (χ0n) is 9.79. The van der Waals surface area contributed by atoms with Crippen LogP contribution in [0.3, 0.4) is 0 Å². The Balaban J connectivity index is 2.09. The van der Waals surface area contributed by atoms with E-state index in [0.717, 1.165) is 44.3 Å². The smallest absolute Gasteiger partial charge is 0.0833 e. The number of aliphatic hydroxyl groups is 1. The van der Waals surface area contributed by atoms with E-state index in [1.165, 1.54) is 0 Å². The molecule has 0 saturated carbocycles. The van der Waals surface area contributed by atoms with E-state index >= 15 is 0 Å². The van der Waals surface area contributed by atoms with Crippen molar-refractivity contribution in [3.63, 3.8) is 0 Å². The highest BCUT2D eigenvalue weighted by Crippen LogP contribution is 2.14. The topological polar surface area (TPSA) is 41.5 Å². The average Bonchev–Trinajstić information content (AvgIpc) is 2.19. The highest BCUT2D eigenvalue weighted by molar-refractivity contribution is 7.98. The Bertz CT molecular complexity index is 170. The number of ether oxygens (including phenoxy) is 1. The maximum Gasteiger partial charge on any atom is 0.0833 e. The molecule has 2 N–H and O–H groups in total. The van der Waals surface area contributed by atoms with Gasteiger partial charge in [-0.2, -0.15) is 11.8 Å². The SMILES string of the molecule is CSCC(C)(O)CNCC1CCOCC1. The zero-order chi connectivity index (χ0) is 11.1. The minimum absolute atomic E-state index is 0.579. The molecule has 3 nitrogen and oxygen atoms in total. The van der Waals surface area contributed by atoms with E-state index in [1.807, 2.05) is 13.2 Å². The van der Waals surface area contributed by atoms with Gasteiger partial charge in [-0.05, 0) is 38.5 Å². The van der Waals surface area contributed by atoms with Crippen LogP contribution in [0, 0.1) is 5.92 Å². The second kappa shape index (κ2) is 6.74. The summed E-state index contributed by atoms with van der Waals surface area (Å²) in [6, 6.07) is 0. The van der Waals surface area contributed by atoms with Gasteiger partial charge in [0, 0.05) is 25.5 Å². The molecule has 1 aliphatic rings. The van der Waals surface area contributed by atoms with Crippen molar-refractivity contribution in [3.05, 3.63) is 0 Å². The summed E-state index contributed by atoms with van der Waals surface area (Å²) in [5.41, 5.74) is -0.579. The van der Waals surface area contributed by atoms with Gasteiger partial charge in [-0.1, -0.05) is 0 Å². The van der Waals surface area contributed by atoms with Crippen molar-refractivity contribution < 1.29 is 9.84 Å². The quantitative estimate of drug-likeness (QED) is 0.721. The standard InChI is InChI=1S/C11H23NO2S/c1-11(13,9-15-2)8-12-7-10-3-5-14-6-4-10/h10,12-13H,3-9H2,1-2H3. The normalized spacial score (nSPS) is 22.6. The van der Waals surface area contributed by atoms with Crippen LogP contribution in [0.2, 0.25) is 0 Å². The van der Waals surface area contributed by atoms with Crippen LogP contribution in [0.15, 0.2) is 0 Å². The van der Waals surface area contributed by atoms with Crippen LogP contribution in [0.1, 0.15) is 19.8 Å². The first-order valence-corrected chi connectivity index (χ1v) is 7.03. The van der Waals surface area contributed by atoms with Crippen molar-refractivity contribution >= 4 is 11.8 Å². The molecule has 15 heavy (non-hydrogen) atoms. The highest BCUT2D eigenvalue weighted by atomic mass is 32.2. The molecule has 1 saturated heterocycles. The third kappa shape index (κ3) is 5.76. The van der Waals surface area contributed by atoms with Crippen LogP contribution in [-0.2, 0) is 4.74 Å². The maximum atomic E-state index is 9.94. The van der Waals surface area contributed by atoms with Crippen LogP contribution in [-0.4, -0.2) is 49.0 Å². The predicted molar refractivity (Wildman–Crippen MR) is 65.4 cm³/mol. The monoisotopic (exact) mass is 233 g/mol. The molecule has 0 amide bonds. The van der Waals surface area contributed by atoms with Crippen molar-refractivity contribution in [2.24, 2.45) is 5.92 Å². The third-order valence-corrected chi connectivity index (χ3v) is 3.65. The Morgan fingerprint density at radius 3 is 2.73 bits per heavy atom. The van der Waals surface area contributed by atoms with Gasteiger partial charge in [0.05, 0.1) is 5.60 Å². The highest BCUT2D eigenvalue weighted by Gasteiger charge is 2.20. The fraction of sp³-hybridized carbons (Fsp3) is 1.00. The lowest BCUT2D eigenvalue weighted by atomic mass is 10.00. The first-order chi connectivity index (χ1) is 7.14. The lowest BCUT2D eigenvalue weighted by Crippen LogP contribution is -2.42. The Kier molecular flexibility index (Phi) is 5.97. The largest absolute Gasteiger partial charge is 0.388 e. The second-order valence-corrected chi connectivity index (χ2v) is 5.48. The van der Waals surface area contributed by atoms with E-state index in [-0.39, 0.29) is 0 Å². The summed E-state index contributed by atoms with van der Waals surface area (Å²) in [5.74, 6) is 1.51. The number of hydrogen-bond donors (Lipinski definition) is 2. The summed E-state index contributed by atoms with van der Waals surface area (Å²) in [6.45, 7) is 5.38. The molecule has 1 atom stereocenters. The van der Waals surface area contributed by atoms with Gasteiger partial charge >= 0.3 is 0 Å². The Labute approximate surface area is 97.0 Å². The lowest BCUT2D eigenvalue weighted by molar-refractivity contribution is 0.0587. The van der Waals surface area contributed by atoms with Gasteiger partial charge in [0.15, 0.2) is 0 Å². The van der Waals surface area contributed by atoms with Crippen LogP contribution >= 0.6 is 11.8 Å². The van der Waals surface area contributed by atoms with Crippen molar-refractivity contribution in [1.29, 1.82) is 0 Å². The minimum atomic E-state index is -0.579. The molecule has 1 aliphatic heterocycles. The molecule has 1 unspecified atom stereocenters. The fourth-order valence-corrected chi connectivity index (χ4v) is 2.58. The number of rotatable bonds is 6. The lowest BCUT2D eigenvalue weighted by Gasteiger charge is -2.26. The maximum absolute atomic E-state index is 9.94. The summed E-state index contributed by atoms with van der Waals surface area (Å²) in [6.07, 6.45) is 4.32. The molecule has 0 aromatic rings. The molecule has 0 aliphatic carbocycles. The van der Waals surface area contributed by atoms with E-state index in [9.17, 15) is 5.11 Å². The first kappa shape index (κ1) is 13.3. The first-order valence-electron chi connectivity index (χ1n) is 5.64. The number of thioether (sulfide) groups is 1. The van der Waals surface area contributed by atoms with Gasteiger partial charge < -0.3 is 15.2 Å². The zero-order valence-corrected chi connectivity index (χ0v) is 10.6. The van der Waals surface area contributed by atoms with Gasteiger partial charge in [0.2, 0.25) is 0 Å². The van der Waals surface area contributed by atoms with E-state index in [0.29, 0.717) is 6.54 Å². The molecule has 0 aromatic carbocycles. The van der Waals surface area contributed by atoms with Crippen molar-refractivity contribution in [1.82, 2.24) is 5.32 Å². The molecular weight excluding hydrogens is 210 g/mol. The molecule has 1 fully saturated rings. The van der Waals surface area contributed by atoms with Crippen molar-refractivity contribution in [2.75, 3.05) is 38.3 Å². The third-order valence-electron chi connectivity index (χ3n) is 2.74. The molecule has 0 bridgehead atoms. The van der Waals surface area contributed by atoms with Gasteiger partial charge in [0.1, 0.15) is 0 Å². The molecule has 1 heterocycles. The van der Waals surface area contributed by atoms with Crippen LogP contribution in [0.25, 0.3) is 0 Å². The van der Waals surface area contributed by atoms with Gasteiger partial charge in [-0.25, -0.2) is 0 Å². The van der Waals surface area contributed by atoms with E-state index in [1.54, 1.807) is 11.8 Å². The second-order valence-electron chi connectivity index (χ2n) is 4.62. The van der Waals surface area contributed by atoms with Crippen molar-refractivity contribution in [3.8, 4) is 0 Å². The van der Waals surface area contributed by atoms with Crippen molar-refractivity contribution in [2.45, 2.75) is 25.4 Å². The van der Waals surface area contributed by atoms with Gasteiger partial charge in [-0.3, -0.25) is 0 Å². The Morgan fingerprint density at radius 1 is 1.47 bits per heavy atom. The van der Waals surface area contributed by atoms with E-state index in [2.05, 4.69) is 5.32 Å². The summed E-state index contributed by atoms with van der Waals surface area (Å²) in [7, 11) is 0. The van der Waals surface area contributed by atoms with Crippen LogP contribution in [0.5, 0.6) is 0 Å². The van der Waals surface area contributed by atoms with Gasteiger partial charge in [0.25, 0.3) is 0 Å². The summed E-state index contributed by atoms with van der Waals surface area (Å²) < 4.78 is 5.31.